The van der Waals surface area contributed by atoms with E-state index in [-0.39, 0.29) is 17.8 Å². The predicted molar refractivity (Wildman–Crippen MR) is 92.6 cm³/mol. The Labute approximate surface area is 136 Å². The molecule has 2 aliphatic rings. The molecular weight excluding hydrogens is 284 g/mol. The van der Waals surface area contributed by atoms with Gasteiger partial charge in [0.25, 0.3) is 0 Å². The number of carboxylic acid groups (broad SMARTS) is 1. The number of allylic oxidation sites excluding steroid dienone is 1. The molecule has 2 nitrogen and oxygen atoms in total. The molecule has 0 radical (unpaired) electrons. The summed E-state index contributed by atoms with van der Waals surface area (Å²) in [4.78, 5) is 11.3. The van der Waals surface area contributed by atoms with Crippen LogP contribution in [0.5, 0.6) is 0 Å². The number of hydrogen-bond donors (Lipinski definition) is 1. The fraction of sp³-hybridized carbons (Fsp3) is 0.381. The maximum atomic E-state index is 11.3. The van der Waals surface area contributed by atoms with Crippen molar-refractivity contribution in [2.24, 2.45) is 11.3 Å². The molecular formula is C21H22O2. The number of rotatable bonds is 2. The Morgan fingerprint density at radius 2 is 2.09 bits per heavy atom. The molecule has 2 aromatic rings. The number of carboxylic acids is 1. The second-order valence-corrected chi connectivity index (χ2v) is 7.45. The lowest BCUT2D eigenvalue weighted by atomic mass is 9.62. The molecule has 0 spiro atoms. The maximum Gasteiger partial charge on any atom is 0.303 e. The molecule has 0 unspecified atom stereocenters. The van der Waals surface area contributed by atoms with Gasteiger partial charge in [0.1, 0.15) is 0 Å². The van der Waals surface area contributed by atoms with Crippen LogP contribution in [0.1, 0.15) is 43.2 Å². The summed E-state index contributed by atoms with van der Waals surface area (Å²) in [6, 6.07) is 13.0. The molecule has 0 amide bonds. The van der Waals surface area contributed by atoms with Crippen LogP contribution in [0.3, 0.4) is 0 Å². The number of aliphatic carboxylic acids is 1. The first-order valence-electron chi connectivity index (χ1n) is 8.40. The van der Waals surface area contributed by atoms with Crippen LogP contribution in [-0.4, -0.2) is 11.1 Å². The molecule has 4 rings (SSSR count). The lowest BCUT2D eigenvalue weighted by Gasteiger charge is -2.42. The van der Waals surface area contributed by atoms with Crippen molar-refractivity contribution in [2.75, 3.05) is 0 Å². The molecule has 2 aromatic carbocycles. The minimum Gasteiger partial charge on any atom is -0.481 e. The zero-order chi connectivity index (χ0) is 16.2. The van der Waals surface area contributed by atoms with E-state index >= 15 is 0 Å². The molecule has 3 atom stereocenters. The maximum absolute atomic E-state index is 11.3. The highest BCUT2D eigenvalue weighted by molar-refractivity contribution is 5.87. The fourth-order valence-electron chi connectivity index (χ4n) is 5.11. The van der Waals surface area contributed by atoms with Crippen LogP contribution in [0, 0.1) is 11.3 Å². The summed E-state index contributed by atoms with van der Waals surface area (Å²) in [6.45, 7) is 6.61. The minimum atomic E-state index is -0.686. The first-order chi connectivity index (χ1) is 11.0. The van der Waals surface area contributed by atoms with Gasteiger partial charge in [-0.1, -0.05) is 55.5 Å². The standard InChI is InChI=1S/C21H22O2/c1-13-11-15(12-19(22)23)21(2)10-9-17-16-6-4-3-5-14(16)7-8-18(17)20(13)21/h3-8,15,20H,1,9-12H2,2H3,(H,22,23)/t15-,20-,21+/m0/s1. The van der Waals surface area contributed by atoms with Gasteiger partial charge in [0, 0.05) is 12.3 Å². The highest BCUT2D eigenvalue weighted by Gasteiger charge is 2.51. The smallest absolute Gasteiger partial charge is 0.303 e. The molecule has 0 aliphatic heterocycles. The van der Waals surface area contributed by atoms with Crippen molar-refractivity contribution in [2.45, 2.75) is 38.5 Å². The third-order valence-corrected chi connectivity index (χ3v) is 6.23. The first-order valence-corrected chi connectivity index (χ1v) is 8.40. The van der Waals surface area contributed by atoms with Crippen molar-refractivity contribution in [3.05, 3.63) is 59.7 Å². The summed E-state index contributed by atoms with van der Waals surface area (Å²) in [7, 11) is 0. The van der Waals surface area contributed by atoms with Crippen molar-refractivity contribution in [3.63, 3.8) is 0 Å². The summed E-state index contributed by atoms with van der Waals surface area (Å²) >= 11 is 0. The third-order valence-electron chi connectivity index (χ3n) is 6.23. The Hall–Kier alpha value is -2.09. The molecule has 118 valence electrons. The summed E-state index contributed by atoms with van der Waals surface area (Å²) in [5.74, 6) is -0.175. The van der Waals surface area contributed by atoms with Gasteiger partial charge in [0.2, 0.25) is 0 Å². The number of fused-ring (bicyclic) bond motifs is 5. The molecule has 0 aromatic heterocycles. The second-order valence-electron chi connectivity index (χ2n) is 7.45. The molecule has 0 heterocycles. The van der Waals surface area contributed by atoms with Gasteiger partial charge in [-0.2, -0.15) is 0 Å². The van der Waals surface area contributed by atoms with Crippen LogP contribution >= 0.6 is 0 Å². The SMILES string of the molecule is C=C1C[C@@H](CC(=O)O)[C@@]2(C)CCc3c(ccc4ccccc34)[C@H]12. The van der Waals surface area contributed by atoms with Crippen LogP contribution in [0.2, 0.25) is 0 Å². The van der Waals surface area contributed by atoms with Gasteiger partial charge >= 0.3 is 5.97 Å². The molecule has 2 heteroatoms. The normalized spacial score (nSPS) is 29.3. The van der Waals surface area contributed by atoms with E-state index in [1.54, 1.807) is 0 Å². The van der Waals surface area contributed by atoms with E-state index in [9.17, 15) is 9.90 Å². The average Bonchev–Trinajstić information content (AvgIpc) is 2.77. The Morgan fingerprint density at radius 3 is 2.87 bits per heavy atom. The molecule has 1 fully saturated rings. The topological polar surface area (TPSA) is 37.3 Å². The minimum absolute atomic E-state index is 0.0327. The predicted octanol–water partition coefficient (Wildman–Crippen LogP) is 4.93. The second kappa shape index (κ2) is 4.95. The number of carbonyl (C=O) groups is 1. The lowest BCUT2D eigenvalue weighted by molar-refractivity contribution is -0.139. The van der Waals surface area contributed by atoms with Crippen LogP contribution in [0.25, 0.3) is 10.8 Å². The van der Waals surface area contributed by atoms with Crippen LogP contribution in [0.15, 0.2) is 48.6 Å². The van der Waals surface area contributed by atoms with Crippen molar-refractivity contribution in [3.8, 4) is 0 Å². The fourth-order valence-corrected chi connectivity index (χ4v) is 5.11. The van der Waals surface area contributed by atoms with Crippen LogP contribution in [-0.2, 0) is 11.2 Å². The van der Waals surface area contributed by atoms with Gasteiger partial charge < -0.3 is 5.11 Å². The van der Waals surface area contributed by atoms with Crippen molar-refractivity contribution in [1.82, 2.24) is 0 Å². The number of benzene rings is 2. The summed E-state index contributed by atoms with van der Waals surface area (Å²) in [5.41, 5.74) is 4.08. The largest absolute Gasteiger partial charge is 0.481 e. The van der Waals surface area contributed by atoms with E-state index in [0.717, 1.165) is 19.3 Å². The first kappa shape index (κ1) is 14.5. The Balaban J connectivity index is 1.85. The zero-order valence-corrected chi connectivity index (χ0v) is 13.5. The van der Waals surface area contributed by atoms with Crippen molar-refractivity contribution < 1.29 is 9.90 Å². The van der Waals surface area contributed by atoms with Crippen LogP contribution < -0.4 is 0 Å². The quantitative estimate of drug-likeness (QED) is 0.799. The molecule has 1 N–H and O–H groups in total. The summed E-state index contributed by atoms with van der Waals surface area (Å²) in [5, 5.41) is 11.9. The average molecular weight is 306 g/mol. The van der Waals surface area contributed by atoms with Gasteiger partial charge in [-0.05, 0) is 52.5 Å². The van der Waals surface area contributed by atoms with E-state index < -0.39 is 5.97 Å². The van der Waals surface area contributed by atoms with Crippen LogP contribution in [0.4, 0.5) is 0 Å². The lowest BCUT2D eigenvalue weighted by Crippen LogP contribution is -2.33. The Morgan fingerprint density at radius 1 is 1.30 bits per heavy atom. The highest BCUT2D eigenvalue weighted by Crippen LogP contribution is 2.61. The number of aryl methyl sites for hydroxylation is 1. The van der Waals surface area contributed by atoms with E-state index in [4.69, 9.17) is 0 Å². The van der Waals surface area contributed by atoms with Gasteiger partial charge in [-0.25, -0.2) is 0 Å². The van der Waals surface area contributed by atoms with E-state index in [2.05, 4.69) is 49.9 Å². The van der Waals surface area contributed by atoms with E-state index in [1.807, 2.05) is 0 Å². The summed E-state index contributed by atoms with van der Waals surface area (Å²) in [6.07, 6.45) is 3.19. The zero-order valence-electron chi connectivity index (χ0n) is 13.5. The molecule has 0 saturated heterocycles. The van der Waals surface area contributed by atoms with Gasteiger partial charge in [-0.3, -0.25) is 4.79 Å². The van der Waals surface area contributed by atoms with Gasteiger partial charge in [0.05, 0.1) is 0 Å². The highest BCUT2D eigenvalue weighted by atomic mass is 16.4. The molecule has 1 saturated carbocycles. The van der Waals surface area contributed by atoms with E-state index in [0.29, 0.717) is 5.92 Å². The number of hydrogen-bond acceptors (Lipinski definition) is 1. The Kier molecular flexibility index (Phi) is 3.12. The Bertz CT molecular complexity index is 820. The molecule has 0 bridgehead atoms. The van der Waals surface area contributed by atoms with Gasteiger partial charge in [-0.15, -0.1) is 0 Å². The summed E-state index contributed by atoms with van der Waals surface area (Å²) < 4.78 is 0. The third kappa shape index (κ3) is 2.04. The van der Waals surface area contributed by atoms with E-state index in [1.165, 1.54) is 27.5 Å². The monoisotopic (exact) mass is 306 g/mol. The van der Waals surface area contributed by atoms with Gasteiger partial charge in [0.15, 0.2) is 0 Å². The van der Waals surface area contributed by atoms with Crippen molar-refractivity contribution >= 4 is 16.7 Å². The van der Waals surface area contributed by atoms with Crippen molar-refractivity contribution in [1.29, 1.82) is 0 Å². The molecule has 2 aliphatic carbocycles. The molecule has 23 heavy (non-hydrogen) atoms.